The van der Waals surface area contributed by atoms with Crippen LogP contribution in [0.4, 0.5) is 22.0 Å². The average Bonchev–Trinajstić information content (AvgIpc) is 2.59. The van der Waals surface area contributed by atoms with E-state index in [4.69, 9.17) is 0 Å². The van der Waals surface area contributed by atoms with Crippen molar-refractivity contribution in [3.63, 3.8) is 0 Å². The van der Waals surface area contributed by atoms with Crippen LogP contribution in [0, 0.1) is 0 Å². The van der Waals surface area contributed by atoms with Crippen LogP contribution in [0.5, 0.6) is 0 Å². The summed E-state index contributed by atoms with van der Waals surface area (Å²) in [5.74, 6) is -2.43. The van der Waals surface area contributed by atoms with Gasteiger partial charge in [0.1, 0.15) is 11.6 Å². The van der Waals surface area contributed by atoms with Gasteiger partial charge in [0.15, 0.2) is 0 Å². The molecule has 1 aliphatic heterocycles. The summed E-state index contributed by atoms with van der Waals surface area (Å²) in [6, 6.07) is 1.98. The summed E-state index contributed by atoms with van der Waals surface area (Å²) >= 11 is 0.665. The molecule has 0 aliphatic carbocycles. The van der Waals surface area contributed by atoms with Gasteiger partial charge in [0, 0.05) is 18.2 Å². The highest BCUT2D eigenvalue weighted by Gasteiger charge is 2.45. The Morgan fingerprint density at radius 2 is 1.93 bits per heavy atom. The number of benzene rings is 1. The first kappa shape index (κ1) is 21.1. The van der Waals surface area contributed by atoms with Crippen LogP contribution >= 0.6 is 11.9 Å². The van der Waals surface area contributed by atoms with Crippen molar-refractivity contribution >= 4 is 29.3 Å². The molecule has 1 aliphatic rings. The summed E-state index contributed by atoms with van der Waals surface area (Å²) in [6.07, 6.45) is -6.93. The number of halogens is 5. The topological polar surface area (TPSA) is 81.7 Å². The first-order valence-electron chi connectivity index (χ1n) is 7.38. The number of hydrazine groups is 1. The van der Waals surface area contributed by atoms with E-state index in [-0.39, 0.29) is 21.3 Å². The number of amides is 2. The fourth-order valence-electron chi connectivity index (χ4n) is 2.44. The number of hydrogen-bond acceptors (Lipinski definition) is 5. The van der Waals surface area contributed by atoms with Crippen molar-refractivity contribution in [2.75, 3.05) is 6.26 Å². The van der Waals surface area contributed by atoms with Crippen molar-refractivity contribution in [3.8, 4) is 0 Å². The molecule has 1 atom stereocenters. The van der Waals surface area contributed by atoms with Gasteiger partial charge in [-0.05, 0) is 27.7 Å². The molecule has 12 heteroatoms. The second-order valence-corrected chi connectivity index (χ2v) is 6.16. The van der Waals surface area contributed by atoms with Gasteiger partial charge in [-0.1, -0.05) is 24.3 Å². The van der Waals surface area contributed by atoms with Crippen LogP contribution in [-0.2, 0) is 9.59 Å². The average molecular weight is 411 g/mol. The SMILES string of the molecule is CSN(O)NC(=O)C1=C(c2ccc(C(F)F)cc2)CC(C(F)(F)F)NC1=O. The van der Waals surface area contributed by atoms with Gasteiger partial charge >= 0.3 is 6.18 Å². The molecular weight excluding hydrogens is 397 g/mol. The summed E-state index contributed by atoms with van der Waals surface area (Å²) in [5, 5.41) is 11.0. The monoisotopic (exact) mass is 411 g/mol. The van der Waals surface area contributed by atoms with Gasteiger partial charge in [-0.25, -0.2) is 8.78 Å². The lowest BCUT2D eigenvalue weighted by Crippen LogP contribution is -2.51. The van der Waals surface area contributed by atoms with Crippen LogP contribution in [-0.4, -0.2) is 40.1 Å². The molecule has 3 N–H and O–H groups in total. The molecule has 0 spiro atoms. The van der Waals surface area contributed by atoms with E-state index in [0.717, 1.165) is 24.3 Å². The van der Waals surface area contributed by atoms with E-state index in [1.807, 2.05) is 5.43 Å². The van der Waals surface area contributed by atoms with Gasteiger partial charge in [-0.15, -0.1) is 0 Å². The van der Waals surface area contributed by atoms with Gasteiger partial charge in [0.2, 0.25) is 0 Å². The van der Waals surface area contributed by atoms with Crippen molar-refractivity contribution < 1.29 is 36.7 Å². The molecule has 2 rings (SSSR count). The Hall–Kier alpha value is -2.18. The van der Waals surface area contributed by atoms with Crippen molar-refractivity contribution in [2.24, 2.45) is 0 Å². The molecule has 1 aromatic rings. The molecule has 6 nitrogen and oxygen atoms in total. The highest BCUT2D eigenvalue weighted by atomic mass is 32.2. The zero-order valence-electron chi connectivity index (χ0n) is 13.7. The van der Waals surface area contributed by atoms with Crippen LogP contribution in [0.3, 0.4) is 0 Å². The van der Waals surface area contributed by atoms with Crippen LogP contribution < -0.4 is 10.7 Å². The van der Waals surface area contributed by atoms with Crippen molar-refractivity contribution in [1.29, 1.82) is 0 Å². The largest absolute Gasteiger partial charge is 0.408 e. The van der Waals surface area contributed by atoms with Gasteiger partial charge in [0.25, 0.3) is 18.2 Å². The molecule has 0 bridgehead atoms. The minimum Gasteiger partial charge on any atom is -0.340 e. The Kier molecular flexibility index (Phi) is 6.44. The summed E-state index contributed by atoms with van der Waals surface area (Å²) < 4.78 is 64.9. The Morgan fingerprint density at radius 3 is 2.41 bits per heavy atom. The minimum absolute atomic E-state index is 0.0160. The summed E-state index contributed by atoms with van der Waals surface area (Å²) in [6.45, 7) is 0. The predicted molar refractivity (Wildman–Crippen MR) is 86.2 cm³/mol. The maximum Gasteiger partial charge on any atom is 0.408 e. The maximum atomic E-state index is 13.1. The Morgan fingerprint density at radius 1 is 1.33 bits per heavy atom. The lowest BCUT2D eigenvalue weighted by molar-refractivity contribution is -0.161. The zero-order valence-corrected chi connectivity index (χ0v) is 14.5. The van der Waals surface area contributed by atoms with Crippen molar-refractivity contribution in [1.82, 2.24) is 15.3 Å². The second kappa shape index (κ2) is 8.23. The fraction of sp³-hybridized carbons (Fsp3) is 0.333. The highest BCUT2D eigenvalue weighted by molar-refractivity contribution is 7.96. The lowest BCUT2D eigenvalue weighted by Gasteiger charge is -2.29. The standard InChI is InChI=1S/C15H14F5N3O3S/c1-27-23(26)22-14(25)11-9(6-10(15(18,19)20)21-13(11)24)7-2-4-8(5-3-7)12(16)17/h2-5,10,12,26H,6H2,1H3,(H,21,24)(H,22,25). The van der Waals surface area contributed by atoms with Crippen molar-refractivity contribution in [2.45, 2.75) is 25.1 Å². The third-order valence-corrected chi connectivity index (χ3v) is 4.18. The first-order valence-corrected chi connectivity index (χ1v) is 8.56. The van der Waals surface area contributed by atoms with E-state index < -0.39 is 42.5 Å². The lowest BCUT2D eigenvalue weighted by atomic mass is 9.89. The molecule has 2 amide bonds. The Balaban J connectivity index is 2.51. The number of carbonyl (C=O) groups excluding carboxylic acids is 2. The molecule has 0 saturated carbocycles. The third-order valence-electron chi connectivity index (χ3n) is 3.75. The third kappa shape index (κ3) is 4.96. The molecule has 0 saturated heterocycles. The van der Waals surface area contributed by atoms with E-state index >= 15 is 0 Å². The molecule has 148 valence electrons. The summed E-state index contributed by atoms with van der Waals surface area (Å²) in [5.41, 5.74) is 0.648. The van der Waals surface area contributed by atoms with Gasteiger partial charge in [-0.3, -0.25) is 20.2 Å². The van der Waals surface area contributed by atoms with Crippen LogP contribution in [0.15, 0.2) is 29.8 Å². The van der Waals surface area contributed by atoms with E-state index in [1.54, 1.807) is 5.32 Å². The quantitative estimate of drug-likeness (QED) is 0.301. The Labute approximate surface area is 154 Å². The van der Waals surface area contributed by atoms with Crippen LogP contribution in [0.25, 0.3) is 5.57 Å². The molecule has 0 aromatic heterocycles. The molecule has 1 unspecified atom stereocenters. The van der Waals surface area contributed by atoms with E-state index in [0.29, 0.717) is 11.9 Å². The molecule has 1 heterocycles. The molecular formula is C15H14F5N3O3S. The fourth-order valence-corrected chi connectivity index (χ4v) is 2.62. The second-order valence-electron chi connectivity index (χ2n) is 5.44. The summed E-state index contributed by atoms with van der Waals surface area (Å²) in [4.78, 5) is 24.4. The maximum absolute atomic E-state index is 13.1. The van der Waals surface area contributed by atoms with E-state index in [9.17, 15) is 36.7 Å². The zero-order chi connectivity index (χ0) is 20.4. The number of alkyl halides is 5. The summed E-state index contributed by atoms with van der Waals surface area (Å²) in [7, 11) is 0. The normalized spacial score (nSPS) is 18.1. The van der Waals surface area contributed by atoms with Crippen molar-refractivity contribution in [3.05, 3.63) is 41.0 Å². The molecule has 27 heavy (non-hydrogen) atoms. The van der Waals surface area contributed by atoms with Gasteiger partial charge < -0.3 is 5.32 Å². The molecule has 0 radical (unpaired) electrons. The van der Waals surface area contributed by atoms with Crippen LogP contribution in [0.1, 0.15) is 24.0 Å². The number of nitrogens with one attached hydrogen (secondary N) is 2. The highest BCUT2D eigenvalue weighted by Crippen LogP contribution is 2.35. The number of rotatable bonds is 5. The van der Waals surface area contributed by atoms with Gasteiger partial charge in [0.05, 0.1) is 0 Å². The molecule has 1 aromatic carbocycles. The van der Waals surface area contributed by atoms with Gasteiger partial charge in [-0.2, -0.15) is 13.2 Å². The number of hydrogen-bond donors (Lipinski definition) is 3. The minimum atomic E-state index is -4.77. The van der Waals surface area contributed by atoms with Crippen LogP contribution in [0.2, 0.25) is 0 Å². The predicted octanol–water partition coefficient (Wildman–Crippen LogP) is 2.83. The first-order chi connectivity index (χ1) is 12.5. The number of carbonyl (C=O) groups is 2. The smallest absolute Gasteiger partial charge is 0.340 e. The molecule has 0 fully saturated rings. The van der Waals surface area contributed by atoms with E-state index in [1.165, 1.54) is 6.26 Å². The van der Waals surface area contributed by atoms with E-state index in [2.05, 4.69) is 0 Å². The number of nitrogens with zero attached hydrogens (tertiary/aromatic N) is 1. The Bertz CT molecular complexity index is 752.